The zero-order valence-corrected chi connectivity index (χ0v) is 27.9. The number of hydrogen-bond donors (Lipinski definition) is 4. The SMILES string of the molecule is COC1CCC([C@@H]2CCN(C(=O)C3CCC(C(CF)NC(=O)OC(C)(C)C)CC3)[C@@H]2C(=O)Nc2ccc3[nH]c(C(=O)O)cc3c2)CC1. The maximum absolute atomic E-state index is 14.1. The number of benzene rings is 1. The topological polar surface area (TPSA) is 150 Å². The lowest BCUT2D eigenvalue weighted by atomic mass is 9.75. The van der Waals surface area contributed by atoms with E-state index in [1.165, 1.54) is 6.07 Å². The molecule has 5 rings (SSSR count). The van der Waals surface area contributed by atoms with E-state index in [1.807, 2.05) is 0 Å². The molecular weight excluding hydrogens is 607 g/mol. The van der Waals surface area contributed by atoms with Gasteiger partial charge in [-0.3, -0.25) is 9.59 Å². The zero-order chi connectivity index (χ0) is 33.9. The number of carboxylic acid groups (broad SMARTS) is 1. The molecule has 1 aromatic carbocycles. The molecule has 3 amide bonds. The molecule has 11 nitrogen and oxygen atoms in total. The Bertz CT molecular complexity index is 1440. The van der Waals surface area contributed by atoms with Crippen LogP contribution in [0.1, 0.15) is 89.0 Å². The number of carboxylic acids is 1. The molecule has 2 saturated carbocycles. The molecule has 1 saturated heterocycles. The number of aromatic nitrogens is 1. The maximum Gasteiger partial charge on any atom is 0.407 e. The van der Waals surface area contributed by atoms with E-state index in [-0.39, 0.29) is 41.4 Å². The van der Waals surface area contributed by atoms with Crippen molar-refractivity contribution in [1.82, 2.24) is 15.2 Å². The van der Waals surface area contributed by atoms with Gasteiger partial charge < -0.3 is 35.1 Å². The van der Waals surface area contributed by atoms with Crippen LogP contribution in [0.3, 0.4) is 0 Å². The number of H-pyrrole nitrogens is 1. The second-order valence-corrected chi connectivity index (χ2v) is 14.5. The number of carbonyl (C=O) groups excluding carboxylic acids is 3. The van der Waals surface area contributed by atoms with Gasteiger partial charge in [-0.15, -0.1) is 0 Å². The molecule has 1 aliphatic heterocycles. The average Bonchev–Trinajstić information content (AvgIpc) is 3.68. The van der Waals surface area contributed by atoms with Gasteiger partial charge in [0, 0.05) is 36.2 Å². The first-order valence-electron chi connectivity index (χ1n) is 16.9. The third kappa shape index (κ3) is 8.25. The van der Waals surface area contributed by atoms with Crippen LogP contribution < -0.4 is 10.6 Å². The number of aromatic amines is 1. The highest BCUT2D eigenvalue weighted by atomic mass is 19.1. The summed E-state index contributed by atoms with van der Waals surface area (Å²) in [6, 6.07) is 5.43. The summed E-state index contributed by atoms with van der Waals surface area (Å²) in [4.78, 5) is 56.6. The van der Waals surface area contributed by atoms with Crippen molar-refractivity contribution in [2.24, 2.45) is 23.7 Å². The van der Waals surface area contributed by atoms with Crippen LogP contribution >= 0.6 is 0 Å². The molecule has 2 aromatic rings. The molecule has 0 radical (unpaired) electrons. The molecule has 47 heavy (non-hydrogen) atoms. The monoisotopic (exact) mass is 656 g/mol. The Kier molecular flexibility index (Phi) is 10.8. The van der Waals surface area contributed by atoms with Gasteiger partial charge in [0.1, 0.15) is 24.0 Å². The number of carbonyl (C=O) groups is 4. The molecular formula is C35H49FN4O7. The van der Waals surface area contributed by atoms with Gasteiger partial charge >= 0.3 is 12.1 Å². The number of alkyl carbamates (subject to hydrolysis) is 1. The van der Waals surface area contributed by atoms with E-state index in [2.05, 4.69) is 15.6 Å². The quantitative estimate of drug-likeness (QED) is 0.263. The van der Waals surface area contributed by atoms with Crippen molar-refractivity contribution in [2.45, 2.75) is 102 Å². The average molecular weight is 657 g/mol. The largest absolute Gasteiger partial charge is 0.477 e. The zero-order valence-electron chi connectivity index (χ0n) is 27.9. The molecule has 2 aliphatic carbocycles. The number of halogens is 1. The van der Waals surface area contributed by atoms with Crippen molar-refractivity contribution >= 4 is 40.5 Å². The lowest BCUT2D eigenvalue weighted by Crippen LogP contribution is -2.50. The van der Waals surface area contributed by atoms with Crippen LogP contribution in [0.5, 0.6) is 0 Å². The number of hydrogen-bond acceptors (Lipinski definition) is 6. The Labute approximate surface area is 275 Å². The minimum atomic E-state index is -1.06. The van der Waals surface area contributed by atoms with Crippen LogP contribution in [-0.4, -0.2) is 83.0 Å². The Hall–Kier alpha value is -3.67. The molecule has 12 heteroatoms. The fourth-order valence-corrected chi connectivity index (χ4v) is 7.93. The molecule has 0 spiro atoms. The first-order chi connectivity index (χ1) is 22.4. The van der Waals surface area contributed by atoms with Gasteiger partial charge in [0.05, 0.1) is 12.1 Å². The van der Waals surface area contributed by atoms with Crippen molar-refractivity contribution < 1.29 is 38.1 Å². The van der Waals surface area contributed by atoms with Crippen LogP contribution in [0.4, 0.5) is 14.9 Å². The van der Waals surface area contributed by atoms with E-state index in [9.17, 15) is 28.7 Å². The molecule has 1 aromatic heterocycles. The molecule has 4 N–H and O–H groups in total. The number of ether oxygens (including phenoxy) is 2. The van der Waals surface area contributed by atoms with Gasteiger partial charge in [0.15, 0.2) is 0 Å². The number of nitrogens with one attached hydrogen (secondary N) is 3. The highest BCUT2D eigenvalue weighted by molar-refractivity contribution is 6.00. The highest BCUT2D eigenvalue weighted by Crippen LogP contribution is 2.42. The molecule has 0 bridgehead atoms. The van der Waals surface area contributed by atoms with Crippen LogP contribution in [-0.2, 0) is 19.1 Å². The summed E-state index contributed by atoms with van der Waals surface area (Å²) in [7, 11) is 1.73. The van der Waals surface area contributed by atoms with Crippen LogP contribution in [0.15, 0.2) is 24.3 Å². The fourth-order valence-electron chi connectivity index (χ4n) is 7.93. The van der Waals surface area contributed by atoms with Crippen LogP contribution in [0.2, 0.25) is 0 Å². The van der Waals surface area contributed by atoms with Gasteiger partial charge in [0.25, 0.3) is 0 Å². The van der Waals surface area contributed by atoms with Gasteiger partial charge in [-0.25, -0.2) is 14.0 Å². The fraction of sp³-hybridized carbons (Fsp3) is 0.657. The van der Waals surface area contributed by atoms with E-state index in [0.717, 1.165) is 32.1 Å². The van der Waals surface area contributed by atoms with Crippen molar-refractivity contribution in [1.29, 1.82) is 0 Å². The number of likely N-dealkylation sites (tertiary alicyclic amines) is 1. The smallest absolute Gasteiger partial charge is 0.407 e. The first-order valence-corrected chi connectivity index (χ1v) is 16.9. The van der Waals surface area contributed by atoms with Crippen molar-refractivity contribution in [3.8, 4) is 0 Å². The number of methoxy groups -OCH3 is 1. The lowest BCUT2D eigenvalue weighted by Gasteiger charge is -2.38. The Morgan fingerprint density at radius 2 is 1.72 bits per heavy atom. The number of fused-ring (bicyclic) bond motifs is 1. The summed E-state index contributed by atoms with van der Waals surface area (Å²) in [6.07, 6.45) is 6.31. The predicted octanol–water partition coefficient (Wildman–Crippen LogP) is 5.90. The molecule has 3 fully saturated rings. The summed E-state index contributed by atoms with van der Waals surface area (Å²) >= 11 is 0. The second-order valence-electron chi connectivity index (χ2n) is 14.5. The first kappa shape index (κ1) is 34.7. The summed E-state index contributed by atoms with van der Waals surface area (Å²) in [5.41, 5.74) is 0.566. The summed E-state index contributed by atoms with van der Waals surface area (Å²) in [5.74, 6) is -1.43. The third-order valence-electron chi connectivity index (χ3n) is 10.3. The van der Waals surface area contributed by atoms with Gasteiger partial charge in [0.2, 0.25) is 11.8 Å². The van der Waals surface area contributed by atoms with Crippen LogP contribution in [0, 0.1) is 23.7 Å². The molecule has 3 atom stereocenters. The molecule has 258 valence electrons. The Morgan fingerprint density at radius 1 is 1.02 bits per heavy atom. The van der Waals surface area contributed by atoms with Crippen LogP contribution in [0.25, 0.3) is 10.9 Å². The number of anilines is 1. The number of alkyl halides is 1. The van der Waals surface area contributed by atoms with E-state index < -0.39 is 36.4 Å². The lowest BCUT2D eigenvalue weighted by molar-refractivity contribution is -0.142. The minimum Gasteiger partial charge on any atom is -0.477 e. The van der Waals surface area contributed by atoms with Gasteiger partial charge in [-0.2, -0.15) is 0 Å². The highest BCUT2D eigenvalue weighted by Gasteiger charge is 2.47. The predicted molar refractivity (Wildman–Crippen MR) is 175 cm³/mol. The van der Waals surface area contributed by atoms with E-state index in [0.29, 0.717) is 54.7 Å². The number of nitrogens with zero attached hydrogens (tertiary/aromatic N) is 1. The van der Waals surface area contributed by atoms with E-state index in [1.54, 1.807) is 51.0 Å². The maximum atomic E-state index is 14.1. The van der Waals surface area contributed by atoms with Crippen molar-refractivity contribution in [3.05, 3.63) is 30.0 Å². The Balaban J connectivity index is 1.28. The van der Waals surface area contributed by atoms with E-state index in [4.69, 9.17) is 9.47 Å². The standard InChI is InChI=1S/C35H49FN4O7/c1-35(2,3)47-34(45)39-29(19-36)21-5-7-22(8-6-21)32(42)40-16-15-26(20-9-12-25(46-4)13-10-20)30(40)31(41)37-24-11-14-27-23(17-24)18-28(38-27)33(43)44/h11,14,17-18,20-22,25-26,29-30,38H,5-10,12-13,15-16,19H2,1-4H3,(H,37,41)(H,39,45)(H,43,44)/t20?,21?,22?,25?,26-,29?,30-/m0/s1. The van der Waals surface area contributed by atoms with Crippen molar-refractivity contribution in [2.75, 3.05) is 25.6 Å². The normalized spacial score (nSPS) is 27.3. The van der Waals surface area contributed by atoms with Crippen molar-refractivity contribution in [3.63, 3.8) is 0 Å². The summed E-state index contributed by atoms with van der Waals surface area (Å²) in [5, 5.41) is 15.7. The summed E-state index contributed by atoms with van der Waals surface area (Å²) in [6.45, 7) is 5.05. The number of aromatic carboxylic acids is 1. The molecule has 1 unspecified atom stereocenters. The summed E-state index contributed by atoms with van der Waals surface area (Å²) < 4.78 is 24.9. The minimum absolute atomic E-state index is 0.0108. The van der Waals surface area contributed by atoms with E-state index >= 15 is 0 Å². The molecule has 2 heterocycles. The third-order valence-corrected chi connectivity index (χ3v) is 10.3. The number of amides is 3. The van der Waals surface area contributed by atoms with Gasteiger partial charge in [-0.05, 0) is 121 Å². The van der Waals surface area contributed by atoms with Gasteiger partial charge in [-0.1, -0.05) is 0 Å². The second kappa shape index (κ2) is 14.6. The number of rotatable bonds is 9. The Morgan fingerprint density at radius 3 is 2.34 bits per heavy atom. The molecule has 3 aliphatic rings.